The number of phenolic OH excluding ortho intramolecular Hbond substituents is 2. The lowest BCUT2D eigenvalue weighted by atomic mass is 9.71. The fraction of sp³-hybridized carbons (Fsp3) is 0.462. The molecule has 0 heterocycles. The predicted molar refractivity (Wildman–Crippen MR) is 62.9 cm³/mol. The molecule has 1 aromatic carbocycles. The van der Waals surface area contributed by atoms with E-state index in [1.54, 1.807) is 19.1 Å². The van der Waals surface area contributed by atoms with Crippen LogP contribution in [0.2, 0.25) is 0 Å². The summed E-state index contributed by atoms with van der Waals surface area (Å²) in [5.41, 5.74) is 1.38. The van der Waals surface area contributed by atoms with Crippen molar-refractivity contribution in [1.82, 2.24) is 0 Å². The van der Waals surface area contributed by atoms with Crippen LogP contribution >= 0.6 is 0 Å². The first-order chi connectivity index (χ1) is 8.02. The quantitative estimate of drug-likeness (QED) is 0.468. The molecule has 0 amide bonds. The highest BCUT2D eigenvalue weighted by Gasteiger charge is 2.41. The average Bonchev–Trinajstić information content (AvgIpc) is 2.26. The minimum Gasteiger partial charge on any atom is -0.504 e. The van der Waals surface area contributed by atoms with E-state index in [9.17, 15) is 15.0 Å². The molecule has 0 spiro atoms. The Morgan fingerprint density at radius 3 is 2.41 bits per heavy atom. The lowest BCUT2D eigenvalue weighted by Gasteiger charge is -2.37. The second kappa shape index (κ2) is 3.90. The fourth-order valence-corrected chi connectivity index (χ4v) is 2.28. The number of hydrogen-bond donors (Lipinski definition) is 2. The predicted octanol–water partition coefficient (Wildman–Crippen LogP) is 2.43. The number of nitrogens with zero attached hydrogens (tertiary/aromatic N) is 1. The van der Waals surface area contributed by atoms with Gasteiger partial charge in [0.2, 0.25) is 6.08 Å². The molecule has 0 aliphatic heterocycles. The van der Waals surface area contributed by atoms with Gasteiger partial charge in [-0.2, -0.15) is 4.99 Å². The Bertz CT molecular complexity index is 512. The van der Waals surface area contributed by atoms with E-state index in [2.05, 4.69) is 4.99 Å². The van der Waals surface area contributed by atoms with Gasteiger partial charge >= 0.3 is 0 Å². The number of phenols is 2. The highest BCUT2D eigenvalue weighted by atomic mass is 16.3. The molecule has 1 aliphatic rings. The highest BCUT2D eigenvalue weighted by Crippen LogP contribution is 2.50. The van der Waals surface area contributed by atoms with E-state index in [1.165, 1.54) is 0 Å². The van der Waals surface area contributed by atoms with Crippen LogP contribution in [0.5, 0.6) is 11.5 Å². The van der Waals surface area contributed by atoms with E-state index in [1.807, 2.05) is 6.92 Å². The first-order valence-corrected chi connectivity index (χ1v) is 5.63. The standard InChI is InChI=1S/C13H15NO3/c1-8-6-10(12(17)11(16)9(8)2)13(14-7-15)4-3-5-13/h6,16-17H,3-5H2,1-2H3. The Morgan fingerprint density at radius 2 is 1.94 bits per heavy atom. The summed E-state index contributed by atoms with van der Waals surface area (Å²) in [4.78, 5) is 14.3. The molecule has 2 rings (SSSR count). The number of aromatic hydroxyl groups is 2. The van der Waals surface area contributed by atoms with Gasteiger partial charge in [-0.1, -0.05) is 0 Å². The van der Waals surface area contributed by atoms with E-state index in [0.29, 0.717) is 24.0 Å². The van der Waals surface area contributed by atoms with Gasteiger partial charge < -0.3 is 10.2 Å². The summed E-state index contributed by atoms with van der Waals surface area (Å²) in [6.45, 7) is 3.60. The van der Waals surface area contributed by atoms with Gasteiger partial charge in [0.1, 0.15) is 5.54 Å². The van der Waals surface area contributed by atoms with Crippen LogP contribution in [0.25, 0.3) is 0 Å². The van der Waals surface area contributed by atoms with Crippen LogP contribution < -0.4 is 0 Å². The third-order valence-electron chi connectivity index (χ3n) is 3.73. The molecule has 2 N–H and O–H groups in total. The molecule has 0 atom stereocenters. The number of aryl methyl sites for hydroxylation is 1. The summed E-state index contributed by atoms with van der Waals surface area (Å²) in [5.74, 6) is -0.279. The van der Waals surface area contributed by atoms with Crippen molar-refractivity contribution in [3.05, 3.63) is 22.8 Å². The molecular weight excluding hydrogens is 218 g/mol. The van der Waals surface area contributed by atoms with Gasteiger partial charge in [-0.3, -0.25) is 0 Å². The zero-order valence-electron chi connectivity index (χ0n) is 9.95. The molecule has 4 nitrogen and oxygen atoms in total. The van der Waals surface area contributed by atoms with Crippen molar-refractivity contribution in [2.45, 2.75) is 38.6 Å². The van der Waals surface area contributed by atoms with Gasteiger partial charge in [0.25, 0.3) is 0 Å². The van der Waals surface area contributed by atoms with Crippen LogP contribution in [-0.2, 0) is 10.3 Å². The average molecular weight is 233 g/mol. The van der Waals surface area contributed by atoms with Crippen molar-refractivity contribution in [2.75, 3.05) is 0 Å². The molecule has 1 aliphatic carbocycles. The van der Waals surface area contributed by atoms with Crippen molar-refractivity contribution in [1.29, 1.82) is 0 Å². The second-order valence-electron chi connectivity index (χ2n) is 4.65. The SMILES string of the molecule is Cc1cc(C2(N=C=O)CCC2)c(O)c(O)c1C. The van der Waals surface area contributed by atoms with Gasteiger partial charge in [-0.25, -0.2) is 4.79 Å². The molecule has 90 valence electrons. The molecule has 0 unspecified atom stereocenters. The van der Waals surface area contributed by atoms with Crippen molar-refractivity contribution in [3.63, 3.8) is 0 Å². The zero-order chi connectivity index (χ0) is 12.6. The van der Waals surface area contributed by atoms with E-state index in [4.69, 9.17) is 0 Å². The highest BCUT2D eigenvalue weighted by molar-refractivity contribution is 5.57. The third-order valence-corrected chi connectivity index (χ3v) is 3.73. The summed E-state index contributed by atoms with van der Waals surface area (Å²) < 4.78 is 0. The van der Waals surface area contributed by atoms with E-state index < -0.39 is 5.54 Å². The maximum Gasteiger partial charge on any atom is 0.235 e. The molecule has 0 aromatic heterocycles. The lowest BCUT2D eigenvalue weighted by Crippen LogP contribution is -2.32. The van der Waals surface area contributed by atoms with Gasteiger partial charge in [-0.15, -0.1) is 0 Å². The fourth-order valence-electron chi connectivity index (χ4n) is 2.28. The summed E-state index contributed by atoms with van der Waals surface area (Å²) in [6.07, 6.45) is 3.94. The third kappa shape index (κ3) is 1.61. The van der Waals surface area contributed by atoms with Crippen LogP contribution in [-0.4, -0.2) is 16.3 Å². The Balaban J connectivity index is 2.63. The molecular formula is C13H15NO3. The second-order valence-corrected chi connectivity index (χ2v) is 4.65. The zero-order valence-corrected chi connectivity index (χ0v) is 9.95. The molecule has 0 radical (unpaired) electrons. The Labute approximate surface area is 99.6 Å². The van der Waals surface area contributed by atoms with Crippen molar-refractivity contribution in [3.8, 4) is 11.5 Å². The topological polar surface area (TPSA) is 69.9 Å². The largest absolute Gasteiger partial charge is 0.504 e. The molecule has 0 bridgehead atoms. The summed E-state index contributed by atoms with van der Waals surface area (Å²) in [7, 11) is 0. The van der Waals surface area contributed by atoms with E-state index >= 15 is 0 Å². The smallest absolute Gasteiger partial charge is 0.235 e. The first kappa shape index (κ1) is 11.7. The van der Waals surface area contributed by atoms with Crippen molar-refractivity contribution in [2.24, 2.45) is 4.99 Å². The van der Waals surface area contributed by atoms with E-state index in [-0.39, 0.29) is 11.5 Å². The first-order valence-electron chi connectivity index (χ1n) is 5.63. The number of carbonyl (C=O) groups excluding carboxylic acids is 1. The summed E-state index contributed by atoms with van der Waals surface area (Å²) in [6, 6.07) is 1.80. The Kier molecular flexibility index (Phi) is 2.68. The number of isocyanates is 1. The van der Waals surface area contributed by atoms with Crippen LogP contribution in [0.15, 0.2) is 11.1 Å². The monoisotopic (exact) mass is 233 g/mol. The van der Waals surface area contributed by atoms with Gasteiger partial charge in [0, 0.05) is 5.56 Å². The minimum absolute atomic E-state index is 0.118. The molecule has 1 saturated carbocycles. The van der Waals surface area contributed by atoms with Gasteiger partial charge in [0.05, 0.1) is 0 Å². The van der Waals surface area contributed by atoms with Crippen LogP contribution in [0.3, 0.4) is 0 Å². The van der Waals surface area contributed by atoms with Crippen molar-refractivity contribution < 1.29 is 15.0 Å². The molecule has 4 heteroatoms. The van der Waals surface area contributed by atoms with Crippen molar-refractivity contribution >= 4 is 6.08 Å². The number of benzene rings is 1. The van der Waals surface area contributed by atoms with Gasteiger partial charge in [0.15, 0.2) is 11.5 Å². The maximum absolute atomic E-state index is 10.5. The van der Waals surface area contributed by atoms with Crippen LogP contribution in [0, 0.1) is 13.8 Å². The number of aliphatic imine (C=N–C) groups is 1. The normalized spacial score (nSPS) is 17.1. The summed E-state index contributed by atoms with van der Waals surface area (Å²) in [5, 5.41) is 19.8. The lowest BCUT2D eigenvalue weighted by molar-refractivity contribution is 0.245. The van der Waals surface area contributed by atoms with Crippen LogP contribution in [0.4, 0.5) is 0 Å². The minimum atomic E-state index is -0.679. The maximum atomic E-state index is 10.5. The Morgan fingerprint density at radius 1 is 1.29 bits per heavy atom. The molecule has 0 saturated heterocycles. The number of hydrogen-bond acceptors (Lipinski definition) is 4. The van der Waals surface area contributed by atoms with Crippen LogP contribution in [0.1, 0.15) is 36.0 Å². The molecule has 17 heavy (non-hydrogen) atoms. The Hall–Kier alpha value is -1.80. The van der Waals surface area contributed by atoms with Gasteiger partial charge in [-0.05, 0) is 50.3 Å². The summed E-state index contributed by atoms with van der Waals surface area (Å²) >= 11 is 0. The molecule has 1 fully saturated rings. The number of rotatable bonds is 2. The van der Waals surface area contributed by atoms with E-state index in [0.717, 1.165) is 12.0 Å². The molecule has 1 aromatic rings.